The molecule has 0 saturated heterocycles. The Hall–Kier alpha value is -3.42. The highest BCUT2D eigenvalue weighted by Crippen LogP contribution is 2.35. The number of fused-ring (bicyclic) bond motifs is 2. The van der Waals surface area contributed by atoms with Crippen LogP contribution in [0.25, 0.3) is 12.2 Å². The largest absolute Gasteiger partial charge is 0.180 e. The van der Waals surface area contributed by atoms with Gasteiger partial charge in [-0.05, 0) is 79.8 Å². The maximum Gasteiger partial charge on any atom is 0.180 e. The van der Waals surface area contributed by atoms with Crippen LogP contribution in [-0.2, 0) is 0 Å². The van der Waals surface area contributed by atoms with Gasteiger partial charge in [-0.25, -0.2) is 0 Å². The van der Waals surface area contributed by atoms with Gasteiger partial charge in [-0.2, -0.15) is 0 Å². The fourth-order valence-corrected chi connectivity index (χ4v) is 12.0. The van der Waals surface area contributed by atoms with Gasteiger partial charge in [0.15, 0.2) is 8.07 Å². The van der Waals surface area contributed by atoms with Gasteiger partial charge in [0.25, 0.3) is 0 Å². The second kappa shape index (κ2) is 8.36. The van der Waals surface area contributed by atoms with Crippen molar-refractivity contribution in [3.63, 3.8) is 0 Å². The average Bonchev–Trinajstić information content (AvgIpc) is 3.48. The molecule has 0 bridgehead atoms. The minimum absolute atomic E-state index is 0.410. The second-order valence-electron chi connectivity index (χ2n) is 10.3. The maximum absolute atomic E-state index is 2.62. The molecule has 0 aromatic heterocycles. The molecule has 1 heteroatoms. The quantitative estimate of drug-likeness (QED) is 0.257. The molecule has 2 aliphatic rings. The van der Waals surface area contributed by atoms with Gasteiger partial charge in [0.2, 0.25) is 0 Å². The number of hydrogen-bond donors (Lipinski definition) is 0. The predicted octanol–water partition coefficient (Wildman–Crippen LogP) is 5.94. The van der Waals surface area contributed by atoms with Crippen molar-refractivity contribution in [2.24, 2.45) is 0 Å². The molecule has 0 fully saturated rings. The molecule has 0 heterocycles. The van der Waals surface area contributed by atoms with Crippen LogP contribution in [-0.4, -0.2) is 8.07 Å². The van der Waals surface area contributed by atoms with Crippen molar-refractivity contribution < 1.29 is 0 Å². The molecule has 35 heavy (non-hydrogen) atoms. The predicted molar refractivity (Wildman–Crippen MR) is 154 cm³/mol. The third-order valence-corrected chi connectivity index (χ3v) is 13.1. The Kier molecular flexibility index (Phi) is 5.27. The molecular formula is C34H32Si. The van der Waals surface area contributed by atoms with Gasteiger partial charge in [-0.15, -0.1) is 0 Å². The van der Waals surface area contributed by atoms with Crippen LogP contribution in [0.2, 0.25) is 0 Å². The molecule has 6 rings (SSSR count). The van der Waals surface area contributed by atoms with E-state index < -0.39 is 8.07 Å². The van der Waals surface area contributed by atoms with Gasteiger partial charge in [-0.1, -0.05) is 123 Å². The van der Waals surface area contributed by atoms with E-state index in [1.807, 2.05) is 0 Å². The zero-order chi connectivity index (χ0) is 24.2. The third kappa shape index (κ3) is 3.18. The second-order valence-corrected chi connectivity index (χ2v) is 14.0. The van der Waals surface area contributed by atoms with Crippen LogP contribution in [0.15, 0.2) is 97.1 Å². The van der Waals surface area contributed by atoms with E-state index in [1.54, 1.807) is 0 Å². The SMILES string of the molecule is Cc1ccc([Si](c2ccccc2)(c2ccccc2)c2ccc(C)c3c2C(C)C=C3)c2c1C=CC2C. The highest BCUT2D eigenvalue weighted by molar-refractivity contribution is 7.20. The fraction of sp³-hybridized carbons (Fsp3) is 0.176. The summed E-state index contributed by atoms with van der Waals surface area (Å²) in [5.74, 6) is 0.821. The van der Waals surface area contributed by atoms with Crippen molar-refractivity contribution >= 4 is 41.0 Å². The smallest absolute Gasteiger partial charge is 0.0767 e. The minimum Gasteiger partial charge on any atom is -0.0767 e. The summed E-state index contributed by atoms with van der Waals surface area (Å²) >= 11 is 0. The zero-order valence-corrected chi connectivity index (χ0v) is 22.0. The van der Waals surface area contributed by atoms with E-state index >= 15 is 0 Å². The molecule has 172 valence electrons. The summed E-state index contributed by atoms with van der Waals surface area (Å²) in [6, 6.07) is 32.4. The topological polar surface area (TPSA) is 0 Å². The molecule has 2 aliphatic carbocycles. The molecule has 4 aromatic carbocycles. The van der Waals surface area contributed by atoms with Gasteiger partial charge in [-0.3, -0.25) is 0 Å². The lowest BCUT2D eigenvalue weighted by atomic mass is 9.99. The van der Waals surface area contributed by atoms with Crippen LogP contribution in [0.3, 0.4) is 0 Å². The van der Waals surface area contributed by atoms with E-state index in [1.165, 1.54) is 54.1 Å². The number of aryl methyl sites for hydroxylation is 2. The number of rotatable bonds is 4. The summed E-state index contributed by atoms with van der Waals surface area (Å²) in [5, 5.41) is 6.00. The normalized spacial score (nSPS) is 18.1. The molecule has 0 nitrogen and oxygen atoms in total. The first kappa shape index (κ1) is 22.1. The number of hydrogen-bond acceptors (Lipinski definition) is 0. The van der Waals surface area contributed by atoms with Crippen LogP contribution in [0.4, 0.5) is 0 Å². The van der Waals surface area contributed by atoms with E-state index in [2.05, 4.69) is 137 Å². The van der Waals surface area contributed by atoms with Gasteiger partial charge >= 0.3 is 0 Å². The van der Waals surface area contributed by atoms with Crippen molar-refractivity contribution in [2.45, 2.75) is 39.5 Å². The Bertz CT molecular complexity index is 1360. The van der Waals surface area contributed by atoms with E-state index in [0.717, 1.165) is 0 Å². The minimum atomic E-state index is -2.62. The first-order chi connectivity index (χ1) is 17.0. The van der Waals surface area contributed by atoms with E-state index in [0.29, 0.717) is 11.8 Å². The molecule has 0 aliphatic heterocycles. The first-order valence-corrected chi connectivity index (χ1v) is 14.8. The molecule has 0 amide bonds. The molecule has 0 spiro atoms. The summed E-state index contributed by atoms with van der Waals surface area (Å²) in [5.41, 5.74) is 8.65. The Labute approximate surface area is 210 Å². The van der Waals surface area contributed by atoms with Crippen molar-refractivity contribution in [1.82, 2.24) is 0 Å². The Morgan fingerprint density at radius 1 is 0.514 bits per heavy atom. The summed E-state index contributed by atoms with van der Waals surface area (Å²) in [4.78, 5) is 0. The van der Waals surface area contributed by atoms with Gasteiger partial charge in [0, 0.05) is 0 Å². The van der Waals surface area contributed by atoms with E-state index in [4.69, 9.17) is 0 Å². The molecule has 0 N–H and O–H groups in total. The molecular weight excluding hydrogens is 436 g/mol. The molecule has 4 aromatic rings. The number of allylic oxidation sites excluding steroid dienone is 2. The van der Waals surface area contributed by atoms with E-state index in [-0.39, 0.29) is 0 Å². The maximum atomic E-state index is 2.48. The fourth-order valence-electron chi connectivity index (χ4n) is 6.55. The Morgan fingerprint density at radius 2 is 0.914 bits per heavy atom. The molecule has 2 atom stereocenters. The monoisotopic (exact) mass is 468 g/mol. The molecule has 2 unspecified atom stereocenters. The lowest BCUT2D eigenvalue weighted by molar-refractivity contribution is 0.991. The summed E-state index contributed by atoms with van der Waals surface area (Å²) in [6.07, 6.45) is 9.50. The Morgan fingerprint density at radius 3 is 1.31 bits per heavy atom. The zero-order valence-electron chi connectivity index (χ0n) is 21.0. The Balaban J connectivity index is 1.83. The molecule has 0 radical (unpaired) electrons. The van der Waals surface area contributed by atoms with Crippen molar-refractivity contribution in [1.29, 1.82) is 0 Å². The highest BCUT2D eigenvalue weighted by Gasteiger charge is 2.46. The number of benzene rings is 4. The van der Waals surface area contributed by atoms with E-state index in [9.17, 15) is 0 Å². The average molecular weight is 469 g/mol. The highest BCUT2D eigenvalue weighted by atomic mass is 28.3. The molecule has 0 saturated carbocycles. The van der Waals surface area contributed by atoms with Crippen molar-refractivity contribution in [2.75, 3.05) is 0 Å². The lowest BCUT2D eigenvalue weighted by Crippen LogP contribution is -2.76. The van der Waals surface area contributed by atoms with Crippen LogP contribution in [0.1, 0.15) is 59.1 Å². The van der Waals surface area contributed by atoms with Crippen LogP contribution < -0.4 is 20.7 Å². The third-order valence-electron chi connectivity index (χ3n) is 8.25. The summed E-state index contributed by atoms with van der Waals surface area (Å²) in [7, 11) is -2.62. The summed E-state index contributed by atoms with van der Waals surface area (Å²) in [6.45, 7) is 9.25. The first-order valence-electron chi connectivity index (χ1n) is 12.8. The van der Waals surface area contributed by atoms with Crippen molar-refractivity contribution in [3.05, 3.63) is 130 Å². The van der Waals surface area contributed by atoms with Crippen LogP contribution in [0.5, 0.6) is 0 Å². The van der Waals surface area contributed by atoms with Crippen molar-refractivity contribution in [3.8, 4) is 0 Å². The van der Waals surface area contributed by atoms with Gasteiger partial charge in [0.1, 0.15) is 0 Å². The van der Waals surface area contributed by atoms with Gasteiger partial charge in [0.05, 0.1) is 0 Å². The standard InChI is InChI=1S/C34H32Si/c1-23-17-21-31(33-25(3)15-19-29(23)33)35(27-11-7-5-8-12-27,28-13-9-6-10-14-28)32-22-18-24(2)30-20-16-26(4)34(30)32/h5-22,25-26H,1-4H3. The van der Waals surface area contributed by atoms with Crippen LogP contribution >= 0.6 is 0 Å². The van der Waals surface area contributed by atoms with Crippen LogP contribution in [0, 0.1) is 13.8 Å². The van der Waals surface area contributed by atoms with Gasteiger partial charge < -0.3 is 0 Å². The lowest BCUT2D eigenvalue weighted by Gasteiger charge is -2.39. The summed E-state index contributed by atoms with van der Waals surface area (Å²) < 4.78 is 0.